The molecule has 0 amide bonds. The standard InChI is InChI=1S/C10H12BF2N3O2/c12-10(13)3-9(4-10)5-16(6-9)8-14-1-7(2-15-8)11(17)18/h1-2,17-18H,3-6H2. The molecule has 2 N–H and O–H groups in total. The molecule has 2 aliphatic rings. The number of hydrogen-bond acceptors (Lipinski definition) is 5. The van der Waals surface area contributed by atoms with Crippen LogP contribution in [0.15, 0.2) is 12.4 Å². The van der Waals surface area contributed by atoms with E-state index in [1.807, 2.05) is 4.90 Å². The molecule has 0 aromatic carbocycles. The van der Waals surface area contributed by atoms with Crippen LogP contribution in [0.2, 0.25) is 0 Å². The van der Waals surface area contributed by atoms with Crippen molar-refractivity contribution in [2.45, 2.75) is 18.8 Å². The van der Waals surface area contributed by atoms with Crippen molar-refractivity contribution in [2.75, 3.05) is 18.0 Å². The molecule has 1 spiro atoms. The van der Waals surface area contributed by atoms with Gasteiger partial charge in [0.2, 0.25) is 11.9 Å². The molecular weight excluding hydrogens is 243 g/mol. The SMILES string of the molecule is OB(O)c1cnc(N2CC3(C2)CC(F)(F)C3)nc1. The zero-order valence-electron chi connectivity index (χ0n) is 9.55. The van der Waals surface area contributed by atoms with Gasteiger partial charge in [0.1, 0.15) is 0 Å². The van der Waals surface area contributed by atoms with Crippen LogP contribution in [0, 0.1) is 5.41 Å². The van der Waals surface area contributed by atoms with E-state index in [4.69, 9.17) is 10.0 Å². The van der Waals surface area contributed by atoms with E-state index < -0.39 is 13.0 Å². The Morgan fingerprint density at radius 1 is 1.17 bits per heavy atom. The average molecular weight is 255 g/mol. The predicted octanol–water partition coefficient (Wildman–Crippen LogP) is -0.608. The maximum Gasteiger partial charge on any atom is 0.491 e. The zero-order valence-corrected chi connectivity index (χ0v) is 9.55. The third kappa shape index (κ3) is 1.85. The van der Waals surface area contributed by atoms with Gasteiger partial charge in [0, 0.05) is 49.2 Å². The highest BCUT2D eigenvalue weighted by Gasteiger charge is 2.62. The van der Waals surface area contributed by atoms with Crippen molar-refractivity contribution < 1.29 is 18.8 Å². The second-order valence-corrected chi connectivity index (χ2v) is 5.26. The predicted molar refractivity (Wildman–Crippen MR) is 60.7 cm³/mol. The molecule has 8 heteroatoms. The largest absolute Gasteiger partial charge is 0.491 e. The van der Waals surface area contributed by atoms with Crippen LogP contribution in [0.5, 0.6) is 0 Å². The first-order chi connectivity index (χ1) is 8.39. The highest BCUT2D eigenvalue weighted by molar-refractivity contribution is 6.58. The number of nitrogens with zero attached hydrogens (tertiary/aromatic N) is 3. The van der Waals surface area contributed by atoms with Crippen molar-refractivity contribution in [3.05, 3.63) is 12.4 Å². The highest BCUT2D eigenvalue weighted by atomic mass is 19.3. The molecule has 1 aromatic heterocycles. The third-order valence-corrected chi connectivity index (χ3v) is 3.56. The van der Waals surface area contributed by atoms with Crippen LogP contribution >= 0.6 is 0 Å². The molecule has 0 atom stereocenters. The monoisotopic (exact) mass is 255 g/mol. The van der Waals surface area contributed by atoms with Crippen molar-refractivity contribution in [3.8, 4) is 0 Å². The number of hydrogen-bond donors (Lipinski definition) is 2. The van der Waals surface area contributed by atoms with Crippen molar-refractivity contribution in [1.29, 1.82) is 0 Å². The fourth-order valence-corrected chi connectivity index (χ4v) is 2.80. The maximum atomic E-state index is 12.8. The molecule has 18 heavy (non-hydrogen) atoms. The average Bonchev–Trinajstić information content (AvgIpc) is 2.22. The van der Waals surface area contributed by atoms with Gasteiger partial charge < -0.3 is 14.9 Å². The Labute approximate surface area is 103 Å². The lowest BCUT2D eigenvalue weighted by molar-refractivity contribution is -0.170. The van der Waals surface area contributed by atoms with Gasteiger partial charge in [-0.2, -0.15) is 0 Å². The van der Waals surface area contributed by atoms with Crippen LogP contribution in [0.25, 0.3) is 0 Å². The van der Waals surface area contributed by atoms with Gasteiger partial charge in [-0.3, -0.25) is 0 Å². The first-order valence-electron chi connectivity index (χ1n) is 5.70. The van der Waals surface area contributed by atoms with Crippen molar-refractivity contribution in [2.24, 2.45) is 5.41 Å². The minimum absolute atomic E-state index is 0.0516. The summed E-state index contributed by atoms with van der Waals surface area (Å²) in [6.45, 7) is 1.09. The fraction of sp³-hybridized carbons (Fsp3) is 0.600. The van der Waals surface area contributed by atoms with Gasteiger partial charge in [0.15, 0.2) is 0 Å². The van der Waals surface area contributed by atoms with Crippen LogP contribution in [-0.2, 0) is 0 Å². The number of halogens is 2. The normalized spacial score (nSPS) is 23.4. The number of rotatable bonds is 2. The second-order valence-electron chi connectivity index (χ2n) is 5.26. The van der Waals surface area contributed by atoms with E-state index in [2.05, 4.69) is 9.97 Å². The molecular formula is C10H12BF2N3O2. The Bertz CT molecular complexity index is 453. The first kappa shape index (κ1) is 11.8. The topological polar surface area (TPSA) is 69.5 Å². The summed E-state index contributed by atoms with van der Waals surface area (Å²) in [7, 11) is -1.59. The summed E-state index contributed by atoms with van der Waals surface area (Å²) in [5.74, 6) is -2.06. The lowest BCUT2D eigenvalue weighted by Gasteiger charge is -2.58. The highest BCUT2D eigenvalue weighted by Crippen LogP contribution is 2.56. The van der Waals surface area contributed by atoms with Crippen molar-refractivity contribution in [3.63, 3.8) is 0 Å². The van der Waals surface area contributed by atoms with E-state index in [-0.39, 0.29) is 23.7 Å². The third-order valence-electron chi connectivity index (χ3n) is 3.56. The van der Waals surface area contributed by atoms with E-state index in [1.54, 1.807) is 0 Å². The van der Waals surface area contributed by atoms with E-state index in [9.17, 15) is 8.78 Å². The van der Waals surface area contributed by atoms with Crippen LogP contribution in [-0.4, -0.2) is 46.1 Å². The van der Waals surface area contributed by atoms with Crippen LogP contribution in [0.4, 0.5) is 14.7 Å². The molecule has 2 fully saturated rings. The lowest BCUT2D eigenvalue weighted by Crippen LogP contribution is -2.66. The lowest BCUT2D eigenvalue weighted by atomic mass is 9.61. The zero-order chi connectivity index (χ0) is 13.0. The van der Waals surface area contributed by atoms with Crippen molar-refractivity contribution in [1.82, 2.24) is 9.97 Å². The number of anilines is 1. The van der Waals surface area contributed by atoms with Crippen LogP contribution in [0.3, 0.4) is 0 Å². The quantitative estimate of drug-likeness (QED) is 0.690. The summed E-state index contributed by atoms with van der Waals surface area (Å²) in [6, 6.07) is 0. The Morgan fingerprint density at radius 2 is 1.72 bits per heavy atom. The van der Waals surface area contributed by atoms with Gasteiger partial charge in [-0.25, -0.2) is 18.7 Å². The van der Waals surface area contributed by atoms with Crippen LogP contribution in [0.1, 0.15) is 12.8 Å². The molecule has 1 aliphatic heterocycles. The van der Waals surface area contributed by atoms with E-state index in [0.717, 1.165) is 0 Å². The summed E-state index contributed by atoms with van der Waals surface area (Å²) >= 11 is 0. The molecule has 1 saturated heterocycles. The smallest absolute Gasteiger partial charge is 0.423 e. The molecule has 1 aromatic rings. The summed E-state index contributed by atoms with van der Waals surface area (Å²) in [5, 5.41) is 17.8. The molecule has 5 nitrogen and oxygen atoms in total. The maximum absolute atomic E-state index is 12.8. The van der Waals surface area contributed by atoms with Gasteiger partial charge >= 0.3 is 7.12 Å². The van der Waals surface area contributed by atoms with Gasteiger partial charge in [-0.1, -0.05) is 0 Å². The molecule has 1 aliphatic carbocycles. The van der Waals surface area contributed by atoms with Gasteiger partial charge in [-0.15, -0.1) is 0 Å². The number of aromatic nitrogens is 2. The minimum atomic E-state index is -2.50. The van der Waals surface area contributed by atoms with E-state index >= 15 is 0 Å². The van der Waals surface area contributed by atoms with Gasteiger partial charge in [0.25, 0.3) is 0 Å². The molecule has 96 valence electrons. The molecule has 0 radical (unpaired) electrons. The Morgan fingerprint density at radius 3 is 2.17 bits per heavy atom. The van der Waals surface area contributed by atoms with Crippen LogP contribution < -0.4 is 10.4 Å². The molecule has 0 unspecified atom stereocenters. The molecule has 0 bridgehead atoms. The van der Waals surface area contributed by atoms with Gasteiger partial charge in [0.05, 0.1) is 0 Å². The first-order valence-corrected chi connectivity index (χ1v) is 5.70. The molecule has 3 rings (SSSR count). The Balaban J connectivity index is 1.62. The molecule has 1 saturated carbocycles. The minimum Gasteiger partial charge on any atom is -0.423 e. The summed E-state index contributed by atoms with van der Waals surface area (Å²) < 4.78 is 25.6. The second kappa shape index (κ2) is 3.61. The Hall–Kier alpha value is -1.28. The number of alkyl halides is 2. The summed E-state index contributed by atoms with van der Waals surface area (Å²) in [5.41, 5.74) is -0.0497. The fourth-order valence-electron chi connectivity index (χ4n) is 2.80. The Kier molecular flexibility index (Phi) is 2.37. The summed E-state index contributed by atoms with van der Waals surface area (Å²) in [4.78, 5) is 9.80. The summed E-state index contributed by atoms with van der Waals surface area (Å²) in [6.07, 6.45) is 2.55. The van der Waals surface area contributed by atoms with E-state index in [0.29, 0.717) is 19.0 Å². The van der Waals surface area contributed by atoms with E-state index in [1.165, 1.54) is 12.4 Å². The molecule has 2 heterocycles. The van der Waals surface area contributed by atoms with Crippen molar-refractivity contribution >= 4 is 18.5 Å². The van der Waals surface area contributed by atoms with Gasteiger partial charge in [-0.05, 0) is 0 Å².